The molecular formula is C15H18N4O4S2. The number of carbonyl (C=O) groups excluding carboxylic acids is 1. The molecule has 3 heterocycles. The molecule has 25 heavy (non-hydrogen) atoms. The fourth-order valence-electron chi connectivity index (χ4n) is 2.61. The molecule has 0 bridgehead atoms. The van der Waals surface area contributed by atoms with Crippen LogP contribution < -0.4 is 0 Å². The van der Waals surface area contributed by atoms with Gasteiger partial charge in [0.25, 0.3) is 5.22 Å². The molecule has 3 rings (SSSR count). The van der Waals surface area contributed by atoms with Gasteiger partial charge >= 0.3 is 0 Å². The van der Waals surface area contributed by atoms with E-state index >= 15 is 0 Å². The van der Waals surface area contributed by atoms with Gasteiger partial charge in [-0.15, -0.1) is 10.2 Å². The van der Waals surface area contributed by atoms with Gasteiger partial charge in [-0.1, -0.05) is 11.8 Å². The van der Waals surface area contributed by atoms with Crippen molar-refractivity contribution >= 4 is 27.5 Å². The van der Waals surface area contributed by atoms with E-state index in [9.17, 15) is 13.2 Å². The number of thioether (sulfide) groups is 1. The summed E-state index contributed by atoms with van der Waals surface area (Å²) in [5, 5.41) is 7.73. The Kier molecular flexibility index (Phi) is 5.09. The second kappa shape index (κ2) is 7.12. The number of amides is 1. The van der Waals surface area contributed by atoms with Crippen LogP contribution in [0.15, 0.2) is 34.2 Å². The van der Waals surface area contributed by atoms with Crippen LogP contribution in [-0.2, 0) is 14.6 Å². The third kappa shape index (κ3) is 4.18. The van der Waals surface area contributed by atoms with Crippen molar-refractivity contribution in [3.05, 3.63) is 24.5 Å². The van der Waals surface area contributed by atoms with E-state index in [2.05, 4.69) is 15.2 Å². The molecular weight excluding hydrogens is 364 g/mol. The average molecular weight is 382 g/mol. The molecule has 0 unspecified atom stereocenters. The molecule has 10 heteroatoms. The lowest BCUT2D eigenvalue weighted by Gasteiger charge is -2.25. The van der Waals surface area contributed by atoms with Gasteiger partial charge in [-0.3, -0.25) is 9.78 Å². The lowest BCUT2D eigenvalue weighted by molar-refractivity contribution is -0.130. The molecule has 0 spiro atoms. The number of sulfone groups is 1. The van der Waals surface area contributed by atoms with Gasteiger partial charge in [-0.2, -0.15) is 0 Å². The molecule has 1 aliphatic heterocycles. The van der Waals surface area contributed by atoms with Crippen molar-refractivity contribution in [3.8, 4) is 11.5 Å². The summed E-state index contributed by atoms with van der Waals surface area (Å²) in [5.41, 5.74) is 0.703. The van der Waals surface area contributed by atoms with Crippen LogP contribution >= 0.6 is 11.8 Å². The maximum Gasteiger partial charge on any atom is 0.277 e. The number of hydrogen-bond donors (Lipinski definition) is 0. The monoisotopic (exact) mass is 382 g/mol. The molecule has 1 saturated heterocycles. The van der Waals surface area contributed by atoms with Gasteiger partial charge in [0.2, 0.25) is 11.8 Å². The van der Waals surface area contributed by atoms with Crippen molar-refractivity contribution < 1.29 is 17.6 Å². The molecule has 1 aliphatic rings. The van der Waals surface area contributed by atoms with E-state index in [1.165, 1.54) is 4.90 Å². The van der Waals surface area contributed by atoms with Gasteiger partial charge in [0, 0.05) is 25.5 Å². The molecule has 2 atom stereocenters. The smallest absolute Gasteiger partial charge is 0.277 e. The molecule has 1 amide bonds. The zero-order valence-corrected chi connectivity index (χ0v) is 15.5. The van der Waals surface area contributed by atoms with Gasteiger partial charge < -0.3 is 9.32 Å². The van der Waals surface area contributed by atoms with E-state index in [-0.39, 0.29) is 28.7 Å². The van der Waals surface area contributed by atoms with Crippen LogP contribution in [0.2, 0.25) is 0 Å². The second-order valence-corrected chi connectivity index (χ2v) is 9.40. The van der Waals surface area contributed by atoms with E-state index in [1.54, 1.807) is 38.5 Å². The lowest BCUT2D eigenvalue weighted by Crippen LogP contribution is -2.41. The molecule has 0 aromatic carbocycles. The summed E-state index contributed by atoms with van der Waals surface area (Å²) in [4.78, 5) is 18.0. The van der Waals surface area contributed by atoms with Crippen molar-refractivity contribution in [3.63, 3.8) is 0 Å². The minimum absolute atomic E-state index is 0.0261. The summed E-state index contributed by atoms with van der Waals surface area (Å²) in [5.74, 6) is 0.339. The molecule has 0 saturated carbocycles. The number of carbonyl (C=O) groups is 1. The van der Waals surface area contributed by atoms with Crippen LogP contribution in [0.4, 0.5) is 0 Å². The highest BCUT2D eigenvalue weighted by molar-refractivity contribution is 8.00. The molecule has 2 aromatic rings. The minimum atomic E-state index is -3.03. The third-order valence-corrected chi connectivity index (χ3v) is 6.72. The van der Waals surface area contributed by atoms with Gasteiger partial charge in [0.05, 0.1) is 22.3 Å². The first-order valence-corrected chi connectivity index (χ1v) is 10.4. The lowest BCUT2D eigenvalue weighted by atomic mass is 10.2. The Hall–Kier alpha value is -1.94. The zero-order chi connectivity index (χ0) is 18.0. The number of pyridine rings is 1. The summed E-state index contributed by atoms with van der Waals surface area (Å²) in [6.45, 7) is 1.74. The Morgan fingerprint density at radius 1 is 1.44 bits per heavy atom. The molecule has 0 radical (unpaired) electrons. The Morgan fingerprint density at radius 2 is 2.24 bits per heavy atom. The van der Waals surface area contributed by atoms with Gasteiger partial charge in [-0.25, -0.2) is 8.42 Å². The van der Waals surface area contributed by atoms with E-state index in [0.717, 1.165) is 11.8 Å². The zero-order valence-electron chi connectivity index (χ0n) is 13.8. The van der Waals surface area contributed by atoms with E-state index in [1.807, 2.05) is 0 Å². The predicted octanol–water partition coefficient (Wildman–Crippen LogP) is 1.26. The third-order valence-electron chi connectivity index (χ3n) is 4.04. The van der Waals surface area contributed by atoms with Crippen molar-refractivity contribution in [1.29, 1.82) is 0 Å². The van der Waals surface area contributed by atoms with Gasteiger partial charge in [0.15, 0.2) is 9.84 Å². The predicted molar refractivity (Wildman–Crippen MR) is 92.7 cm³/mol. The molecule has 8 nitrogen and oxygen atoms in total. The highest BCUT2D eigenvalue weighted by Crippen LogP contribution is 2.27. The van der Waals surface area contributed by atoms with Crippen molar-refractivity contribution in [1.82, 2.24) is 20.1 Å². The number of aromatic nitrogens is 3. The average Bonchev–Trinajstić information content (AvgIpc) is 3.20. The van der Waals surface area contributed by atoms with Crippen molar-refractivity contribution in [2.45, 2.75) is 29.9 Å². The quantitative estimate of drug-likeness (QED) is 0.712. The Labute approximate surface area is 149 Å². The highest BCUT2D eigenvalue weighted by atomic mass is 32.2. The van der Waals surface area contributed by atoms with Gasteiger partial charge in [0.1, 0.15) is 0 Å². The Balaban J connectivity index is 1.63. The maximum absolute atomic E-state index is 12.5. The SMILES string of the molecule is C[C@@H](Sc1nnc(-c2cccnc2)o1)C(=O)N(C)[C@@H]1CCS(=O)(=O)C1. The topological polar surface area (TPSA) is 106 Å². The van der Waals surface area contributed by atoms with Crippen LogP contribution in [-0.4, -0.2) is 64.3 Å². The summed E-state index contributed by atoms with van der Waals surface area (Å²) in [7, 11) is -1.39. The largest absolute Gasteiger partial charge is 0.411 e. The molecule has 134 valence electrons. The van der Waals surface area contributed by atoms with E-state index in [0.29, 0.717) is 17.9 Å². The summed E-state index contributed by atoms with van der Waals surface area (Å²) in [6.07, 6.45) is 3.74. The van der Waals surface area contributed by atoms with E-state index < -0.39 is 15.1 Å². The minimum Gasteiger partial charge on any atom is -0.411 e. The first-order valence-electron chi connectivity index (χ1n) is 7.73. The number of hydrogen-bond acceptors (Lipinski definition) is 8. The van der Waals surface area contributed by atoms with Crippen LogP contribution in [0, 0.1) is 0 Å². The summed E-state index contributed by atoms with van der Waals surface area (Å²) < 4.78 is 28.7. The molecule has 1 fully saturated rings. The first-order chi connectivity index (χ1) is 11.9. The Bertz CT molecular complexity index is 853. The van der Waals surface area contributed by atoms with Crippen molar-refractivity contribution in [2.24, 2.45) is 0 Å². The van der Waals surface area contributed by atoms with Crippen LogP contribution in [0.5, 0.6) is 0 Å². The first kappa shape index (κ1) is 17.9. The summed E-state index contributed by atoms with van der Waals surface area (Å²) >= 11 is 1.15. The van der Waals surface area contributed by atoms with Gasteiger partial charge in [-0.05, 0) is 25.5 Å². The normalized spacial score (nSPS) is 20.3. The highest BCUT2D eigenvalue weighted by Gasteiger charge is 2.34. The fourth-order valence-corrected chi connectivity index (χ4v) is 5.17. The number of rotatable bonds is 5. The summed E-state index contributed by atoms with van der Waals surface area (Å²) in [6, 6.07) is 3.30. The van der Waals surface area contributed by atoms with Crippen LogP contribution in [0.3, 0.4) is 0 Å². The van der Waals surface area contributed by atoms with Crippen LogP contribution in [0.1, 0.15) is 13.3 Å². The van der Waals surface area contributed by atoms with E-state index in [4.69, 9.17) is 4.42 Å². The van der Waals surface area contributed by atoms with Crippen LogP contribution in [0.25, 0.3) is 11.5 Å². The second-order valence-electron chi connectivity index (χ2n) is 5.88. The maximum atomic E-state index is 12.5. The standard InChI is InChI=1S/C15H18N4O4S2/c1-10(14(20)19(2)12-5-7-25(21,22)9-12)24-15-18-17-13(23-15)11-4-3-6-16-8-11/h3-4,6,8,10,12H,5,7,9H2,1-2H3/t10-,12-/m1/s1. The fraction of sp³-hybridized carbons (Fsp3) is 0.467. The molecule has 0 aliphatic carbocycles. The molecule has 0 N–H and O–H groups in total. The number of nitrogens with zero attached hydrogens (tertiary/aromatic N) is 4. The molecule has 2 aromatic heterocycles. The van der Waals surface area contributed by atoms with Crippen molar-refractivity contribution in [2.75, 3.05) is 18.6 Å². The Morgan fingerprint density at radius 3 is 2.88 bits per heavy atom.